The van der Waals surface area contributed by atoms with E-state index in [0.717, 1.165) is 33.3 Å². The summed E-state index contributed by atoms with van der Waals surface area (Å²) in [6, 6.07) is 25.6. The molecular formula is C29H29FN2O. The summed E-state index contributed by atoms with van der Waals surface area (Å²) in [5.74, 6) is -0.667. The second-order valence-corrected chi connectivity index (χ2v) is 9.19. The Morgan fingerprint density at radius 3 is 2.27 bits per heavy atom. The number of hydrogen-bond donors (Lipinski definition) is 1. The summed E-state index contributed by atoms with van der Waals surface area (Å²) < 4.78 is 18.0. The van der Waals surface area contributed by atoms with E-state index in [1.165, 1.54) is 0 Å². The highest BCUT2D eigenvalue weighted by Crippen LogP contribution is 2.40. The summed E-state index contributed by atoms with van der Waals surface area (Å²) in [7, 11) is 0. The van der Waals surface area contributed by atoms with Gasteiger partial charge in [0, 0.05) is 23.0 Å². The molecule has 0 spiro atoms. The molecule has 0 fully saturated rings. The van der Waals surface area contributed by atoms with Crippen molar-refractivity contribution in [3.05, 3.63) is 102 Å². The van der Waals surface area contributed by atoms with Gasteiger partial charge in [-0.15, -0.1) is 0 Å². The van der Waals surface area contributed by atoms with Crippen LogP contribution in [0.15, 0.2) is 84.9 Å². The van der Waals surface area contributed by atoms with E-state index in [1.807, 2.05) is 104 Å². The van der Waals surface area contributed by atoms with E-state index in [-0.39, 0.29) is 5.83 Å². The monoisotopic (exact) mass is 440 g/mol. The third kappa shape index (κ3) is 4.61. The number of hydrogen-bond acceptors (Lipinski definition) is 1. The molecule has 0 unspecified atom stereocenters. The summed E-state index contributed by atoms with van der Waals surface area (Å²) in [4.78, 5) is 12.2. The van der Waals surface area contributed by atoms with Crippen molar-refractivity contribution < 1.29 is 9.18 Å². The number of rotatable bonds is 7. The molecule has 4 heteroatoms. The number of nitrogens with two attached hydrogens (primary N) is 1. The zero-order chi connectivity index (χ0) is 23.6. The van der Waals surface area contributed by atoms with Crippen LogP contribution in [0.25, 0.3) is 28.0 Å². The van der Waals surface area contributed by atoms with Gasteiger partial charge in [-0.25, -0.2) is 4.39 Å². The number of carbonyl (C=O) groups excluding carboxylic acids is 1. The van der Waals surface area contributed by atoms with Crippen molar-refractivity contribution in [2.45, 2.75) is 33.7 Å². The predicted octanol–water partition coefficient (Wildman–Crippen LogP) is 6.68. The second-order valence-electron chi connectivity index (χ2n) is 9.19. The molecule has 0 saturated heterocycles. The lowest BCUT2D eigenvalue weighted by atomic mass is 9.92. The van der Waals surface area contributed by atoms with Crippen LogP contribution in [0.2, 0.25) is 0 Å². The number of halogens is 1. The van der Waals surface area contributed by atoms with Crippen LogP contribution in [0, 0.1) is 12.3 Å². The highest BCUT2D eigenvalue weighted by molar-refractivity contribution is 6.00. The molecule has 1 heterocycles. The van der Waals surface area contributed by atoms with Crippen LogP contribution in [-0.2, 0) is 17.8 Å². The van der Waals surface area contributed by atoms with Gasteiger partial charge in [-0.2, -0.15) is 0 Å². The first-order valence-corrected chi connectivity index (χ1v) is 11.2. The third-order valence-electron chi connectivity index (χ3n) is 6.09. The minimum absolute atomic E-state index is 0.276. The van der Waals surface area contributed by atoms with Crippen molar-refractivity contribution in [1.29, 1.82) is 0 Å². The number of aryl methyl sites for hydroxylation is 1. The Morgan fingerprint density at radius 2 is 1.64 bits per heavy atom. The van der Waals surface area contributed by atoms with Crippen LogP contribution in [0.5, 0.6) is 0 Å². The zero-order valence-electron chi connectivity index (χ0n) is 19.3. The van der Waals surface area contributed by atoms with Gasteiger partial charge in [-0.1, -0.05) is 72.8 Å². The minimum Gasteiger partial charge on any atom is -0.369 e. The molecule has 33 heavy (non-hydrogen) atoms. The lowest BCUT2D eigenvalue weighted by Gasteiger charge is -2.24. The maximum Gasteiger partial charge on any atom is 0.224 e. The lowest BCUT2D eigenvalue weighted by Crippen LogP contribution is -2.35. The van der Waals surface area contributed by atoms with Gasteiger partial charge in [-0.3, -0.25) is 4.79 Å². The van der Waals surface area contributed by atoms with Gasteiger partial charge in [-0.05, 0) is 56.0 Å². The normalized spacial score (nSPS) is 12.3. The summed E-state index contributed by atoms with van der Waals surface area (Å²) in [6.07, 6.45) is 2.13. The van der Waals surface area contributed by atoms with Crippen LogP contribution in [0.3, 0.4) is 0 Å². The topological polar surface area (TPSA) is 48.0 Å². The molecule has 0 bridgehead atoms. The van der Waals surface area contributed by atoms with Crippen molar-refractivity contribution in [3.63, 3.8) is 0 Å². The van der Waals surface area contributed by atoms with Gasteiger partial charge >= 0.3 is 0 Å². The van der Waals surface area contributed by atoms with Crippen molar-refractivity contribution in [2.24, 2.45) is 11.1 Å². The number of amides is 1. The van der Waals surface area contributed by atoms with E-state index >= 15 is 4.39 Å². The number of fused-ring (bicyclic) bond motifs is 1. The fourth-order valence-electron chi connectivity index (χ4n) is 4.16. The fraction of sp³-hybridized carbons (Fsp3) is 0.207. The molecule has 0 atom stereocenters. The first-order valence-electron chi connectivity index (χ1n) is 11.2. The molecule has 2 N–H and O–H groups in total. The van der Waals surface area contributed by atoms with Gasteiger partial charge in [0.05, 0.1) is 11.1 Å². The van der Waals surface area contributed by atoms with E-state index in [2.05, 4.69) is 0 Å². The predicted molar refractivity (Wildman–Crippen MR) is 134 cm³/mol. The average molecular weight is 441 g/mol. The minimum atomic E-state index is -0.805. The number of carbonyl (C=O) groups is 1. The quantitative estimate of drug-likeness (QED) is 0.342. The Labute approximate surface area is 194 Å². The van der Waals surface area contributed by atoms with Gasteiger partial charge in [0.2, 0.25) is 5.91 Å². The number of aromatic nitrogens is 1. The Balaban J connectivity index is 1.98. The van der Waals surface area contributed by atoms with Crippen LogP contribution in [-0.4, -0.2) is 10.5 Å². The molecule has 0 aliphatic heterocycles. The summed E-state index contributed by atoms with van der Waals surface area (Å²) in [5.41, 5.74) is 10.1. The maximum absolute atomic E-state index is 16.0. The molecule has 1 aromatic heterocycles. The zero-order valence-corrected chi connectivity index (χ0v) is 19.3. The molecule has 3 nitrogen and oxygen atoms in total. The van der Waals surface area contributed by atoms with Crippen LogP contribution < -0.4 is 5.73 Å². The van der Waals surface area contributed by atoms with E-state index in [9.17, 15) is 4.79 Å². The highest BCUT2D eigenvalue weighted by atomic mass is 19.1. The van der Waals surface area contributed by atoms with Crippen molar-refractivity contribution in [3.8, 4) is 11.3 Å². The van der Waals surface area contributed by atoms with Crippen LogP contribution >= 0.6 is 0 Å². The number of benzene rings is 3. The summed E-state index contributed by atoms with van der Waals surface area (Å²) in [6.45, 7) is 6.01. The SMILES string of the molecule is Cc1ccc2c(/C(F)=C/Cc3ccccc3)c(-c3ccccc3)n(CC(C)(C)C(N)=O)c2c1. The second kappa shape index (κ2) is 9.07. The molecule has 1 amide bonds. The number of nitrogens with zero attached hydrogens (tertiary/aromatic N) is 1. The molecule has 0 saturated carbocycles. The lowest BCUT2D eigenvalue weighted by molar-refractivity contribution is -0.126. The highest BCUT2D eigenvalue weighted by Gasteiger charge is 2.30. The first kappa shape index (κ1) is 22.5. The van der Waals surface area contributed by atoms with Gasteiger partial charge in [0.25, 0.3) is 0 Å². The van der Waals surface area contributed by atoms with E-state index in [0.29, 0.717) is 18.5 Å². The summed E-state index contributed by atoms with van der Waals surface area (Å²) in [5, 5.41) is 0.821. The maximum atomic E-state index is 16.0. The smallest absolute Gasteiger partial charge is 0.224 e. The van der Waals surface area contributed by atoms with Gasteiger partial charge in [0.1, 0.15) is 5.83 Å². The molecule has 0 aliphatic carbocycles. The Morgan fingerprint density at radius 1 is 1.00 bits per heavy atom. The van der Waals surface area contributed by atoms with E-state index in [4.69, 9.17) is 5.73 Å². The standard InChI is InChI=1S/C29H29FN2O/c1-20-14-16-23-25(18-20)32(19-29(2,3)28(31)33)27(22-12-8-5-9-13-22)26(23)24(30)17-15-21-10-6-4-7-11-21/h4-14,16-18H,15,19H2,1-3H3,(H2,31,33)/b24-17-. The Bertz CT molecular complexity index is 1320. The molecule has 3 aromatic carbocycles. The van der Waals surface area contributed by atoms with Gasteiger partial charge in [0.15, 0.2) is 0 Å². The van der Waals surface area contributed by atoms with E-state index < -0.39 is 11.3 Å². The van der Waals surface area contributed by atoms with E-state index in [1.54, 1.807) is 6.08 Å². The average Bonchev–Trinajstić information content (AvgIpc) is 3.11. The molecule has 4 rings (SSSR count). The van der Waals surface area contributed by atoms with Crippen molar-refractivity contribution in [1.82, 2.24) is 4.57 Å². The molecule has 168 valence electrons. The van der Waals surface area contributed by atoms with Crippen LogP contribution in [0.1, 0.15) is 30.5 Å². The number of allylic oxidation sites excluding steroid dienone is 1. The van der Waals surface area contributed by atoms with Crippen LogP contribution in [0.4, 0.5) is 4.39 Å². The fourth-order valence-corrected chi connectivity index (χ4v) is 4.16. The number of primary amides is 1. The molecule has 0 radical (unpaired) electrons. The van der Waals surface area contributed by atoms with Crippen molar-refractivity contribution in [2.75, 3.05) is 0 Å². The molecular weight excluding hydrogens is 411 g/mol. The first-order chi connectivity index (χ1) is 15.8. The summed E-state index contributed by atoms with van der Waals surface area (Å²) >= 11 is 0. The van der Waals surface area contributed by atoms with Gasteiger partial charge < -0.3 is 10.3 Å². The largest absolute Gasteiger partial charge is 0.369 e. The Hall–Kier alpha value is -3.66. The third-order valence-corrected chi connectivity index (χ3v) is 6.09. The molecule has 0 aliphatic rings. The molecule has 4 aromatic rings. The van der Waals surface area contributed by atoms with Crippen molar-refractivity contribution >= 4 is 22.6 Å². The Kier molecular flexibility index (Phi) is 6.19.